The van der Waals surface area contributed by atoms with E-state index in [-0.39, 0.29) is 24.6 Å². The van der Waals surface area contributed by atoms with Crippen LogP contribution in [0, 0.1) is 13.8 Å². The average Bonchev–Trinajstić information content (AvgIpc) is 3.26. The SMILES string of the molecule is CCOC(=O)CN1C(=S)N[C@H](c2ccccn2)[C@H]1c1cc(C)n(-c2cccc(Cl)c2Cl)c1C. The van der Waals surface area contributed by atoms with Crippen LogP contribution in [-0.4, -0.2) is 38.7 Å². The molecule has 6 nitrogen and oxygen atoms in total. The molecule has 0 amide bonds. The zero-order chi connectivity index (χ0) is 23.7. The molecule has 1 N–H and O–H groups in total. The Morgan fingerprint density at radius 2 is 2.00 bits per heavy atom. The predicted molar refractivity (Wildman–Crippen MR) is 134 cm³/mol. The van der Waals surface area contributed by atoms with Gasteiger partial charge in [0.25, 0.3) is 0 Å². The number of pyridine rings is 1. The molecule has 1 aliphatic heterocycles. The molecule has 2 atom stereocenters. The number of nitrogens with zero attached hydrogens (tertiary/aromatic N) is 3. The number of carbonyl (C=O) groups excluding carboxylic acids is 1. The van der Waals surface area contributed by atoms with Gasteiger partial charge in [-0.05, 0) is 68.9 Å². The molecule has 2 aromatic heterocycles. The van der Waals surface area contributed by atoms with Gasteiger partial charge in [0, 0.05) is 17.6 Å². The first-order valence-corrected chi connectivity index (χ1v) is 11.8. The molecule has 0 aliphatic carbocycles. The molecule has 4 rings (SSSR count). The van der Waals surface area contributed by atoms with E-state index < -0.39 is 0 Å². The number of hydrogen-bond donors (Lipinski definition) is 1. The molecule has 0 radical (unpaired) electrons. The van der Waals surface area contributed by atoms with Crippen LogP contribution in [0.15, 0.2) is 48.7 Å². The maximum Gasteiger partial charge on any atom is 0.325 e. The smallest absolute Gasteiger partial charge is 0.325 e. The van der Waals surface area contributed by atoms with Crippen molar-refractivity contribution in [2.45, 2.75) is 32.9 Å². The molecule has 3 heterocycles. The van der Waals surface area contributed by atoms with Gasteiger partial charge >= 0.3 is 5.97 Å². The van der Waals surface area contributed by atoms with E-state index in [0.29, 0.717) is 21.8 Å². The lowest BCUT2D eigenvalue weighted by atomic mass is 9.97. The molecule has 0 unspecified atom stereocenters. The van der Waals surface area contributed by atoms with E-state index in [1.54, 1.807) is 19.2 Å². The first kappa shape index (κ1) is 23.5. The highest BCUT2D eigenvalue weighted by atomic mass is 35.5. The normalized spacial score (nSPS) is 17.8. The molecule has 1 fully saturated rings. The summed E-state index contributed by atoms with van der Waals surface area (Å²) >= 11 is 18.5. The Balaban J connectivity index is 1.84. The van der Waals surface area contributed by atoms with E-state index in [1.807, 2.05) is 49.1 Å². The van der Waals surface area contributed by atoms with Crippen molar-refractivity contribution in [2.75, 3.05) is 13.2 Å². The zero-order valence-corrected chi connectivity index (χ0v) is 20.8. The van der Waals surface area contributed by atoms with Crippen molar-refractivity contribution in [3.8, 4) is 5.69 Å². The summed E-state index contributed by atoms with van der Waals surface area (Å²) in [7, 11) is 0. The van der Waals surface area contributed by atoms with Gasteiger partial charge in [0.2, 0.25) is 0 Å². The minimum atomic E-state index is -0.333. The lowest BCUT2D eigenvalue weighted by Gasteiger charge is -2.27. The fourth-order valence-electron chi connectivity index (χ4n) is 4.38. The van der Waals surface area contributed by atoms with Gasteiger partial charge in [-0.3, -0.25) is 9.78 Å². The second-order valence-electron chi connectivity index (χ2n) is 7.79. The Morgan fingerprint density at radius 1 is 1.21 bits per heavy atom. The molecule has 1 aromatic carbocycles. The Kier molecular flexibility index (Phi) is 6.93. The largest absolute Gasteiger partial charge is 0.465 e. The van der Waals surface area contributed by atoms with Gasteiger partial charge < -0.3 is 19.5 Å². The summed E-state index contributed by atoms with van der Waals surface area (Å²) in [5.74, 6) is -0.333. The van der Waals surface area contributed by atoms with E-state index in [1.165, 1.54) is 0 Å². The fraction of sp³-hybridized carbons (Fsp3) is 0.292. The number of hydrogen-bond acceptors (Lipinski definition) is 4. The maximum absolute atomic E-state index is 12.4. The predicted octanol–water partition coefficient (Wildman–Crippen LogP) is 5.33. The van der Waals surface area contributed by atoms with Gasteiger partial charge in [0.05, 0.1) is 40.1 Å². The monoisotopic (exact) mass is 502 g/mol. The number of carbonyl (C=O) groups is 1. The Bertz CT molecular complexity index is 1200. The highest BCUT2D eigenvalue weighted by molar-refractivity contribution is 7.80. The lowest BCUT2D eigenvalue weighted by molar-refractivity contribution is -0.143. The summed E-state index contributed by atoms with van der Waals surface area (Å²) in [6.45, 7) is 6.17. The third-order valence-electron chi connectivity index (χ3n) is 5.76. The van der Waals surface area contributed by atoms with Crippen molar-refractivity contribution in [2.24, 2.45) is 0 Å². The zero-order valence-electron chi connectivity index (χ0n) is 18.5. The van der Waals surface area contributed by atoms with Crippen molar-refractivity contribution < 1.29 is 9.53 Å². The number of aryl methyl sites for hydroxylation is 1. The first-order valence-electron chi connectivity index (χ1n) is 10.6. The van der Waals surface area contributed by atoms with Crippen molar-refractivity contribution in [1.29, 1.82) is 0 Å². The summed E-state index contributed by atoms with van der Waals surface area (Å²) < 4.78 is 7.29. The third-order valence-corrected chi connectivity index (χ3v) is 6.92. The van der Waals surface area contributed by atoms with Crippen molar-refractivity contribution in [3.63, 3.8) is 0 Å². The molecule has 0 bridgehead atoms. The maximum atomic E-state index is 12.4. The number of nitrogens with one attached hydrogen (secondary N) is 1. The van der Waals surface area contributed by atoms with Crippen LogP contribution in [0.2, 0.25) is 10.0 Å². The molecule has 3 aromatic rings. The van der Waals surface area contributed by atoms with Crippen LogP contribution in [0.25, 0.3) is 5.69 Å². The number of esters is 1. The Hall–Kier alpha value is -2.61. The highest BCUT2D eigenvalue weighted by Gasteiger charge is 2.42. The van der Waals surface area contributed by atoms with Crippen molar-refractivity contribution in [1.82, 2.24) is 19.8 Å². The van der Waals surface area contributed by atoms with E-state index in [0.717, 1.165) is 28.3 Å². The summed E-state index contributed by atoms with van der Waals surface area (Å²) in [4.78, 5) is 18.8. The van der Waals surface area contributed by atoms with Gasteiger partial charge in [-0.1, -0.05) is 35.3 Å². The minimum absolute atomic E-state index is 0.0370. The van der Waals surface area contributed by atoms with Gasteiger partial charge in [0.1, 0.15) is 6.54 Å². The average molecular weight is 503 g/mol. The summed E-state index contributed by atoms with van der Waals surface area (Å²) in [5.41, 5.74) is 4.60. The summed E-state index contributed by atoms with van der Waals surface area (Å²) in [5, 5.41) is 4.82. The van der Waals surface area contributed by atoms with Crippen LogP contribution in [0.5, 0.6) is 0 Å². The summed E-state index contributed by atoms with van der Waals surface area (Å²) in [6, 6.07) is 12.9. The van der Waals surface area contributed by atoms with Crippen LogP contribution in [0.4, 0.5) is 0 Å². The number of aromatic nitrogens is 2. The molecule has 1 saturated heterocycles. The summed E-state index contributed by atoms with van der Waals surface area (Å²) in [6.07, 6.45) is 1.75. The molecule has 0 spiro atoms. The first-order chi connectivity index (χ1) is 15.8. The molecular formula is C24H24Cl2N4O2S. The van der Waals surface area contributed by atoms with E-state index in [4.69, 9.17) is 40.2 Å². The topological polar surface area (TPSA) is 59.4 Å². The van der Waals surface area contributed by atoms with E-state index in [2.05, 4.69) is 20.9 Å². The number of ether oxygens (including phenoxy) is 1. The van der Waals surface area contributed by atoms with Crippen LogP contribution >= 0.6 is 35.4 Å². The van der Waals surface area contributed by atoms with Gasteiger partial charge in [-0.15, -0.1) is 0 Å². The van der Waals surface area contributed by atoms with Crippen molar-refractivity contribution >= 4 is 46.5 Å². The minimum Gasteiger partial charge on any atom is -0.465 e. The number of thiocarbonyl (C=S) groups is 1. The Morgan fingerprint density at radius 3 is 2.70 bits per heavy atom. The van der Waals surface area contributed by atoms with Crippen LogP contribution < -0.4 is 5.32 Å². The molecular weight excluding hydrogens is 479 g/mol. The second-order valence-corrected chi connectivity index (χ2v) is 8.97. The van der Waals surface area contributed by atoms with Crippen molar-refractivity contribution in [3.05, 3.63) is 81.4 Å². The second kappa shape index (κ2) is 9.71. The fourth-order valence-corrected chi connectivity index (χ4v) is 5.07. The number of benzene rings is 1. The van der Waals surface area contributed by atoms with Gasteiger partial charge in [0.15, 0.2) is 5.11 Å². The third kappa shape index (κ3) is 4.45. The molecule has 0 saturated carbocycles. The Labute approximate surface area is 208 Å². The van der Waals surface area contributed by atoms with E-state index >= 15 is 0 Å². The van der Waals surface area contributed by atoms with Crippen LogP contribution in [0.3, 0.4) is 0 Å². The van der Waals surface area contributed by atoms with Gasteiger partial charge in [-0.25, -0.2) is 0 Å². The molecule has 33 heavy (non-hydrogen) atoms. The standard InChI is InChI=1S/C24H24Cl2N4O2S/c1-4-32-20(31)13-29-23(22(28-24(29)33)18-9-5-6-11-27-18)16-12-14(2)30(15(16)3)19-10-7-8-17(25)21(19)26/h5-12,22-23H,4,13H2,1-3H3,(H,28,33)/t22-,23-/m1/s1. The quantitative estimate of drug-likeness (QED) is 0.363. The number of halogens is 2. The highest BCUT2D eigenvalue weighted by Crippen LogP contribution is 2.42. The lowest BCUT2D eigenvalue weighted by Crippen LogP contribution is -2.35. The van der Waals surface area contributed by atoms with Gasteiger partial charge in [-0.2, -0.15) is 0 Å². The van der Waals surface area contributed by atoms with Crippen LogP contribution in [0.1, 0.15) is 41.7 Å². The molecule has 1 aliphatic rings. The molecule has 9 heteroatoms. The van der Waals surface area contributed by atoms with E-state index in [9.17, 15) is 4.79 Å². The number of rotatable bonds is 6. The molecule has 172 valence electrons. The van der Waals surface area contributed by atoms with Crippen LogP contribution in [-0.2, 0) is 9.53 Å².